The van der Waals surface area contributed by atoms with Gasteiger partial charge in [-0.1, -0.05) is 12.1 Å². The number of aromatic nitrogens is 4. The molecule has 0 unspecified atom stereocenters. The summed E-state index contributed by atoms with van der Waals surface area (Å²) in [6.45, 7) is 0. The standard InChI is InChI=1S/C23H21N5O4/c1-30-19-11-15(12-20(31-2)23(19)32-3)7-10-22(29)25-17-6-4-5-16(13-17)18-8-9-21-26-24-14-28(21)27-18/h4-14H,1-3H3,(H,25,29)/b10-7+. The maximum Gasteiger partial charge on any atom is 0.248 e. The van der Waals surface area contributed by atoms with Crippen LogP contribution in [-0.2, 0) is 4.79 Å². The number of carbonyl (C=O) groups excluding carboxylic acids is 1. The Morgan fingerprint density at radius 1 is 1.00 bits per heavy atom. The number of amides is 1. The fourth-order valence-corrected chi connectivity index (χ4v) is 3.19. The zero-order chi connectivity index (χ0) is 22.5. The number of carbonyl (C=O) groups is 1. The molecule has 4 rings (SSSR count). The van der Waals surface area contributed by atoms with Gasteiger partial charge in [0.2, 0.25) is 11.7 Å². The Labute approximate surface area is 184 Å². The van der Waals surface area contributed by atoms with Crippen molar-refractivity contribution < 1.29 is 19.0 Å². The summed E-state index contributed by atoms with van der Waals surface area (Å²) in [7, 11) is 4.62. The van der Waals surface area contributed by atoms with E-state index in [2.05, 4.69) is 20.6 Å². The molecule has 0 bridgehead atoms. The lowest BCUT2D eigenvalue weighted by atomic mass is 10.1. The molecule has 9 nitrogen and oxygen atoms in total. The molecule has 162 valence electrons. The van der Waals surface area contributed by atoms with E-state index < -0.39 is 0 Å². The van der Waals surface area contributed by atoms with Crippen molar-refractivity contribution >= 4 is 23.3 Å². The first-order chi connectivity index (χ1) is 15.6. The van der Waals surface area contributed by atoms with Crippen molar-refractivity contribution in [2.24, 2.45) is 0 Å². The third-order valence-corrected chi connectivity index (χ3v) is 4.70. The topological polar surface area (TPSA) is 99.9 Å². The molecule has 0 saturated heterocycles. The van der Waals surface area contributed by atoms with Crippen LogP contribution in [0.5, 0.6) is 17.2 Å². The van der Waals surface area contributed by atoms with Gasteiger partial charge < -0.3 is 19.5 Å². The summed E-state index contributed by atoms with van der Waals surface area (Å²) in [5.41, 5.74) is 3.63. The quantitative estimate of drug-likeness (QED) is 0.447. The summed E-state index contributed by atoms with van der Waals surface area (Å²) < 4.78 is 17.6. The second-order valence-electron chi connectivity index (χ2n) is 6.71. The van der Waals surface area contributed by atoms with Gasteiger partial charge in [0.1, 0.15) is 6.33 Å². The number of hydrogen-bond acceptors (Lipinski definition) is 7. The highest BCUT2D eigenvalue weighted by Crippen LogP contribution is 2.38. The fourth-order valence-electron chi connectivity index (χ4n) is 3.19. The van der Waals surface area contributed by atoms with Crippen LogP contribution < -0.4 is 19.5 Å². The van der Waals surface area contributed by atoms with Crippen LogP contribution in [0.3, 0.4) is 0 Å². The van der Waals surface area contributed by atoms with E-state index in [4.69, 9.17) is 14.2 Å². The SMILES string of the molecule is COc1cc(/C=C/C(=O)Nc2cccc(-c3ccc4nncn4n3)c2)cc(OC)c1OC. The summed E-state index contributed by atoms with van der Waals surface area (Å²) >= 11 is 0. The fraction of sp³-hybridized carbons (Fsp3) is 0.130. The molecule has 1 N–H and O–H groups in total. The first-order valence-corrected chi connectivity index (χ1v) is 9.68. The van der Waals surface area contributed by atoms with Crippen molar-refractivity contribution in [2.45, 2.75) is 0 Å². The number of nitrogens with one attached hydrogen (secondary N) is 1. The second kappa shape index (κ2) is 9.17. The molecule has 0 aliphatic rings. The van der Waals surface area contributed by atoms with E-state index in [9.17, 15) is 4.79 Å². The molecule has 4 aromatic rings. The molecule has 32 heavy (non-hydrogen) atoms. The number of hydrogen-bond donors (Lipinski definition) is 1. The minimum absolute atomic E-state index is 0.280. The molecular weight excluding hydrogens is 410 g/mol. The van der Waals surface area contributed by atoms with E-state index >= 15 is 0 Å². The second-order valence-corrected chi connectivity index (χ2v) is 6.71. The number of benzene rings is 2. The van der Waals surface area contributed by atoms with Crippen molar-refractivity contribution in [3.8, 4) is 28.5 Å². The van der Waals surface area contributed by atoms with Gasteiger partial charge in [-0.15, -0.1) is 10.2 Å². The largest absolute Gasteiger partial charge is 0.493 e. The smallest absolute Gasteiger partial charge is 0.248 e. The summed E-state index contributed by atoms with van der Waals surface area (Å²) in [5, 5.41) is 15.1. The van der Waals surface area contributed by atoms with Gasteiger partial charge in [-0.05, 0) is 48.0 Å². The van der Waals surface area contributed by atoms with Gasteiger partial charge in [-0.2, -0.15) is 9.61 Å². The minimum Gasteiger partial charge on any atom is -0.493 e. The van der Waals surface area contributed by atoms with E-state index in [-0.39, 0.29) is 5.91 Å². The van der Waals surface area contributed by atoms with E-state index in [1.165, 1.54) is 13.2 Å². The molecule has 2 aromatic heterocycles. The number of methoxy groups -OCH3 is 3. The minimum atomic E-state index is -0.280. The Morgan fingerprint density at radius 3 is 2.50 bits per heavy atom. The zero-order valence-electron chi connectivity index (χ0n) is 17.8. The van der Waals surface area contributed by atoms with Crippen LogP contribution >= 0.6 is 0 Å². The van der Waals surface area contributed by atoms with Gasteiger partial charge in [-0.25, -0.2) is 0 Å². The number of anilines is 1. The van der Waals surface area contributed by atoms with Crippen LogP contribution in [0.4, 0.5) is 5.69 Å². The van der Waals surface area contributed by atoms with Gasteiger partial charge in [0, 0.05) is 17.3 Å². The van der Waals surface area contributed by atoms with Gasteiger partial charge in [0.15, 0.2) is 17.1 Å². The molecular formula is C23H21N5O4. The van der Waals surface area contributed by atoms with E-state index in [0.717, 1.165) is 16.8 Å². The van der Waals surface area contributed by atoms with Crippen LogP contribution in [0.1, 0.15) is 5.56 Å². The van der Waals surface area contributed by atoms with Gasteiger partial charge >= 0.3 is 0 Å². The predicted molar refractivity (Wildman–Crippen MR) is 120 cm³/mol. The summed E-state index contributed by atoms with van der Waals surface area (Å²) in [6.07, 6.45) is 4.65. The Morgan fingerprint density at radius 2 is 1.78 bits per heavy atom. The van der Waals surface area contributed by atoms with E-state index in [1.807, 2.05) is 36.4 Å². The van der Waals surface area contributed by atoms with E-state index in [1.54, 1.807) is 43.3 Å². The molecule has 0 saturated carbocycles. The number of rotatable bonds is 7. The van der Waals surface area contributed by atoms with Crippen LogP contribution in [0, 0.1) is 0 Å². The average Bonchev–Trinajstić information content (AvgIpc) is 3.30. The molecule has 0 radical (unpaired) electrons. The molecule has 2 aromatic carbocycles. The lowest BCUT2D eigenvalue weighted by molar-refractivity contribution is -0.111. The number of ether oxygens (including phenoxy) is 3. The predicted octanol–water partition coefficient (Wildman–Crippen LogP) is 3.47. The molecule has 0 aliphatic heterocycles. The third kappa shape index (κ3) is 4.36. The van der Waals surface area contributed by atoms with Gasteiger partial charge in [0.25, 0.3) is 0 Å². The van der Waals surface area contributed by atoms with Crippen molar-refractivity contribution in [1.29, 1.82) is 0 Å². The highest BCUT2D eigenvalue weighted by molar-refractivity contribution is 6.02. The molecule has 1 amide bonds. The van der Waals surface area contributed by atoms with Crippen LogP contribution in [-0.4, -0.2) is 47.0 Å². The van der Waals surface area contributed by atoms with Crippen molar-refractivity contribution in [3.05, 3.63) is 66.5 Å². The molecule has 9 heteroatoms. The molecule has 0 spiro atoms. The normalized spacial score (nSPS) is 11.0. The number of fused-ring (bicyclic) bond motifs is 1. The molecule has 0 aliphatic carbocycles. The van der Waals surface area contributed by atoms with Crippen molar-refractivity contribution in [3.63, 3.8) is 0 Å². The van der Waals surface area contributed by atoms with Gasteiger partial charge in [-0.3, -0.25) is 4.79 Å². The van der Waals surface area contributed by atoms with Gasteiger partial charge in [0.05, 0.1) is 27.0 Å². The Bertz CT molecular complexity index is 1270. The zero-order valence-corrected chi connectivity index (χ0v) is 17.8. The average molecular weight is 431 g/mol. The molecule has 2 heterocycles. The lowest BCUT2D eigenvalue weighted by Gasteiger charge is -2.12. The molecule has 0 fully saturated rings. The highest BCUT2D eigenvalue weighted by atomic mass is 16.5. The van der Waals surface area contributed by atoms with Crippen LogP contribution in [0.25, 0.3) is 23.0 Å². The first kappa shape index (κ1) is 20.9. The lowest BCUT2D eigenvalue weighted by Crippen LogP contribution is -2.07. The maximum atomic E-state index is 12.5. The van der Waals surface area contributed by atoms with Crippen molar-refractivity contribution in [1.82, 2.24) is 19.8 Å². The Balaban J connectivity index is 1.51. The highest BCUT2D eigenvalue weighted by Gasteiger charge is 2.12. The Kier molecular flexibility index (Phi) is 5.98. The third-order valence-electron chi connectivity index (χ3n) is 4.70. The van der Waals surface area contributed by atoms with Crippen LogP contribution in [0.2, 0.25) is 0 Å². The summed E-state index contributed by atoms with van der Waals surface area (Å²) in [5.74, 6) is 1.24. The summed E-state index contributed by atoms with van der Waals surface area (Å²) in [6, 6.07) is 14.6. The van der Waals surface area contributed by atoms with Crippen molar-refractivity contribution in [2.75, 3.05) is 26.6 Å². The number of nitrogens with zero attached hydrogens (tertiary/aromatic N) is 4. The summed E-state index contributed by atoms with van der Waals surface area (Å²) in [4.78, 5) is 12.5. The Hall–Kier alpha value is -4.40. The molecule has 0 atom stereocenters. The monoisotopic (exact) mass is 431 g/mol. The maximum absolute atomic E-state index is 12.5. The van der Waals surface area contributed by atoms with E-state index in [0.29, 0.717) is 28.6 Å². The first-order valence-electron chi connectivity index (χ1n) is 9.68. The van der Waals surface area contributed by atoms with Crippen LogP contribution in [0.15, 0.2) is 60.9 Å².